The van der Waals surface area contributed by atoms with Gasteiger partial charge in [-0.25, -0.2) is 4.39 Å². The predicted octanol–water partition coefficient (Wildman–Crippen LogP) is 2.89. The summed E-state index contributed by atoms with van der Waals surface area (Å²) in [6, 6.07) is 6.91. The number of nitrogens with zero attached hydrogens (tertiary/aromatic N) is 1. The highest BCUT2D eigenvalue weighted by molar-refractivity contribution is 5.16. The SMILES string of the molecule is CC(C)C1(CN(C)Cc2cccc(F)c2)CCNC1. The van der Waals surface area contributed by atoms with E-state index in [1.54, 1.807) is 12.1 Å². The molecule has 0 spiro atoms. The topological polar surface area (TPSA) is 15.3 Å². The van der Waals surface area contributed by atoms with Gasteiger partial charge in [-0.15, -0.1) is 0 Å². The van der Waals surface area contributed by atoms with Gasteiger partial charge in [-0.2, -0.15) is 0 Å². The van der Waals surface area contributed by atoms with Gasteiger partial charge in [-0.3, -0.25) is 0 Å². The Kier molecular flexibility index (Phi) is 4.58. The first-order valence-electron chi connectivity index (χ1n) is 7.15. The molecule has 2 rings (SSSR count). The van der Waals surface area contributed by atoms with Gasteiger partial charge in [0.25, 0.3) is 0 Å². The van der Waals surface area contributed by atoms with Crippen LogP contribution >= 0.6 is 0 Å². The molecule has 0 amide bonds. The molecule has 0 saturated carbocycles. The number of hydrogen-bond donors (Lipinski definition) is 1. The molecule has 106 valence electrons. The van der Waals surface area contributed by atoms with Crippen molar-refractivity contribution in [2.24, 2.45) is 11.3 Å². The van der Waals surface area contributed by atoms with Gasteiger partial charge in [0.05, 0.1) is 0 Å². The molecule has 1 atom stereocenters. The Morgan fingerprint density at radius 1 is 1.42 bits per heavy atom. The molecule has 1 saturated heterocycles. The van der Waals surface area contributed by atoms with Crippen molar-refractivity contribution in [3.05, 3.63) is 35.6 Å². The van der Waals surface area contributed by atoms with E-state index in [0.717, 1.165) is 31.7 Å². The Morgan fingerprint density at radius 3 is 2.79 bits per heavy atom. The van der Waals surface area contributed by atoms with E-state index in [-0.39, 0.29) is 5.82 Å². The molecule has 0 aliphatic carbocycles. The predicted molar refractivity (Wildman–Crippen MR) is 77.5 cm³/mol. The van der Waals surface area contributed by atoms with E-state index in [0.29, 0.717) is 11.3 Å². The maximum atomic E-state index is 13.2. The van der Waals surface area contributed by atoms with Crippen molar-refractivity contribution in [3.63, 3.8) is 0 Å². The van der Waals surface area contributed by atoms with Crippen molar-refractivity contribution in [2.45, 2.75) is 26.8 Å². The van der Waals surface area contributed by atoms with Crippen LogP contribution in [0.25, 0.3) is 0 Å². The lowest BCUT2D eigenvalue weighted by molar-refractivity contribution is 0.132. The average Bonchev–Trinajstić information content (AvgIpc) is 2.78. The molecule has 0 bridgehead atoms. The number of rotatable bonds is 5. The lowest BCUT2D eigenvalue weighted by Gasteiger charge is -2.36. The van der Waals surface area contributed by atoms with Crippen LogP contribution in [0, 0.1) is 17.2 Å². The van der Waals surface area contributed by atoms with E-state index in [1.165, 1.54) is 12.5 Å². The summed E-state index contributed by atoms with van der Waals surface area (Å²) in [4.78, 5) is 2.32. The van der Waals surface area contributed by atoms with Crippen molar-refractivity contribution in [1.29, 1.82) is 0 Å². The van der Waals surface area contributed by atoms with E-state index in [4.69, 9.17) is 0 Å². The Hall–Kier alpha value is -0.930. The van der Waals surface area contributed by atoms with Crippen molar-refractivity contribution in [1.82, 2.24) is 10.2 Å². The quantitative estimate of drug-likeness (QED) is 0.879. The summed E-state index contributed by atoms with van der Waals surface area (Å²) in [5.41, 5.74) is 1.41. The van der Waals surface area contributed by atoms with Crippen molar-refractivity contribution >= 4 is 0 Å². The second-order valence-electron chi connectivity index (χ2n) is 6.25. The third-order valence-corrected chi connectivity index (χ3v) is 4.43. The van der Waals surface area contributed by atoms with Gasteiger partial charge >= 0.3 is 0 Å². The minimum atomic E-state index is -0.146. The van der Waals surface area contributed by atoms with Crippen LogP contribution in [0.15, 0.2) is 24.3 Å². The number of benzene rings is 1. The lowest BCUT2D eigenvalue weighted by atomic mass is 9.76. The molecule has 1 heterocycles. The van der Waals surface area contributed by atoms with Gasteiger partial charge in [0.1, 0.15) is 5.82 Å². The largest absolute Gasteiger partial charge is 0.316 e. The van der Waals surface area contributed by atoms with E-state index in [9.17, 15) is 4.39 Å². The standard InChI is InChI=1S/C16H25FN2/c1-13(2)16(7-8-18-11-16)12-19(3)10-14-5-4-6-15(17)9-14/h4-6,9,13,18H,7-8,10-12H2,1-3H3. The van der Waals surface area contributed by atoms with Crippen LogP contribution in [0.5, 0.6) is 0 Å². The minimum Gasteiger partial charge on any atom is -0.316 e. The molecular formula is C16H25FN2. The van der Waals surface area contributed by atoms with Crippen LogP contribution in [0.4, 0.5) is 4.39 Å². The third-order valence-electron chi connectivity index (χ3n) is 4.43. The van der Waals surface area contributed by atoms with Gasteiger partial charge in [0.2, 0.25) is 0 Å². The molecule has 1 aliphatic rings. The van der Waals surface area contributed by atoms with Gasteiger partial charge in [-0.05, 0) is 49.0 Å². The summed E-state index contributed by atoms with van der Waals surface area (Å²) in [5, 5.41) is 3.49. The fourth-order valence-electron chi connectivity index (χ4n) is 3.11. The van der Waals surface area contributed by atoms with Gasteiger partial charge < -0.3 is 10.2 Å². The van der Waals surface area contributed by atoms with Gasteiger partial charge in [0.15, 0.2) is 0 Å². The van der Waals surface area contributed by atoms with Crippen LogP contribution < -0.4 is 5.32 Å². The molecular weight excluding hydrogens is 239 g/mol. The highest BCUT2D eigenvalue weighted by atomic mass is 19.1. The minimum absolute atomic E-state index is 0.146. The molecule has 1 unspecified atom stereocenters. The summed E-state index contributed by atoms with van der Waals surface area (Å²) >= 11 is 0. The molecule has 1 aliphatic heterocycles. The maximum absolute atomic E-state index is 13.2. The van der Waals surface area contributed by atoms with Crippen molar-refractivity contribution in [3.8, 4) is 0 Å². The second-order valence-corrected chi connectivity index (χ2v) is 6.25. The number of hydrogen-bond acceptors (Lipinski definition) is 2. The van der Waals surface area contributed by atoms with Gasteiger partial charge in [0, 0.05) is 19.6 Å². The van der Waals surface area contributed by atoms with Crippen molar-refractivity contribution < 1.29 is 4.39 Å². The summed E-state index contributed by atoms with van der Waals surface area (Å²) in [5.74, 6) is 0.518. The summed E-state index contributed by atoms with van der Waals surface area (Å²) < 4.78 is 13.2. The number of halogens is 1. The van der Waals surface area contributed by atoms with E-state index in [2.05, 4.69) is 31.1 Å². The van der Waals surface area contributed by atoms with E-state index >= 15 is 0 Å². The highest BCUT2D eigenvalue weighted by Gasteiger charge is 2.37. The Morgan fingerprint density at radius 2 is 2.21 bits per heavy atom. The van der Waals surface area contributed by atoms with Crippen molar-refractivity contribution in [2.75, 3.05) is 26.7 Å². The van der Waals surface area contributed by atoms with Crippen LogP contribution in [0.2, 0.25) is 0 Å². The Balaban J connectivity index is 1.98. The second kappa shape index (κ2) is 6.02. The average molecular weight is 264 g/mol. The molecule has 0 radical (unpaired) electrons. The van der Waals surface area contributed by atoms with Gasteiger partial charge in [-0.1, -0.05) is 26.0 Å². The van der Waals surface area contributed by atoms with E-state index in [1.807, 2.05) is 6.07 Å². The van der Waals surface area contributed by atoms with Crippen LogP contribution in [-0.2, 0) is 6.54 Å². The molecule has 3 heteroatoms. The third kappa shape index (κ3) is 3.54. The zero-order valence-electron chi connectivity index (χ0n) is 12.2. The fourth-order valence-corrected chi connectivity index (χ4v) is 3.11. The molecule has 19 heavy (non-hydrogen) atoms. The zero-order valence-corrected chi connectivity index (χ0v) is 12.2. The van der Waals surface area contributed by atoms with Crippen LogP contribution in [-0.4, -0.2) is 31.6 Å². The summed E-state index contributed by atoms with van der Waals surface area (Å²) in [6.07, 6.45) is 1.23. The molecule has 1 N–H and O–H groups in total. The molecule has 0 aromatic heterocycles. The summed E-state index contributed by atoms with van der Waals surface area (Å²) in [7, 11) is 2.13. The zero-order chi connectivity index (χ0) is 13.9. The normalized spacial score (nSPS) is 23.5. The smallest absolute Gasteiger partial charge is 0.123 e. The first-order valence-corrected chi connectivity index (χ1v) is 7.15. The monoisotopic (exact) mass is 264 g/mol. The maximum Gasteiger partial charge on any atom is 0.123 e. The molecule has 1 aromatic rings. The number of nitrogens with one attached hydrogen (secondary N) is 1. The molecule has 1 fully saturated rings. The highest BCUT2D eigenvalue weighted by Crippen LogP contribution is 2.35. The molecule has 2 nitrogen and oxygen atoms in total. The molecule has 1 aromatic carbocycles. The fraction of sp³-hybridized carbons (Fsp3) is 0.625. The van der Waals surface area contributed by atoms with E-state index < -0.39 is 0 Å². The first-order chi connectivity index (χ1) is 9.02. The van der Waals surface area contributed by atoms with Crippen LogP contribution in [0.1, 0.15) is 25.8 Å². The Bertz CT molecular complexity index is 411. The Labute approximate surface area is 116 Å². The first kappa shape index (κ1) is 14.5. The van der Waals surface area contributed by atoms with Crippen LogP contribution in [0.3, 0.4) is 0 Å². The summed E-state index contributed by atoms with van der Waals surface area (Å²) in [6.45, 7) is 8.70. The lowest BCUT2D eigenvalue weighted by Crippen LogP contribution is -2.41.